The van der Waals surface area contributed by atoms with Crippen LogP contribution in [0.15, 0.2) is 41.9 Å². The highest BCUT2D eigenvalue weighted by Crippen LogP contribution is 2.35. The number of fused-ring (bicyclic) bond motifs is 1. The van der Waals surface area contributed by atoms with Gasteiger partial charge in [0, 0.05) is 17.9 Å². The molecule has 0 amide bonds. The van der Waals surface area contributed by atoms with Crippen molar-refractivity contribution in [3.05, 3.63) is 52.6 Å². The van der Waals surface area contributed by atoms with Crippen molar-refractivity contribution in [2.24, 2.45) is 0 Å². The Labute approximate surface area is 168 Å². The number of nitro benzene ring substituents is 1. The number of thioether (sulfide) groups is 1. The Hall–Kier alpha value is -2.64. The number of hydrogen-bond acceptors (Lipinski definition) is 10. The summed E-state index contributed by atoms with van der Waals surface area (Å²) < 4.78 is 6.56. The zero-order chi connectivity index (χ0) is 20.6. The minimum Gasteiger partial charge on any atom is -0.393 e. The molecule has 0 bridgehead atoms. The molecule has 1 saturated heterocycles. The number of nitrogens with zero attached hydrogens (tertiary/aromatic N) is 5. The lowest BCUT2D eigenvalue weighted by atomic mass is 10.0. The molecule has 3 atom stereocenters. The van der Waals surface area contributed by atoms with E-state index >= 15 is 0 Å². The van der Waals surface area contributed by atoms with Crippen LogP contribution in [0, 0.1) is 10.1 Å². The molecule has 3 heterocycles. The van der Waals surface area contributed by atoms with Crippen molar-refractivity contribution in [2.45, 2.75) is 28.7 Å². The van der Waals surface area contributed by atoms with Gasteiger partial charge in [-0.3, -0.25) is 14.7 Å². The van der Waals surface area contributed by atoms with Gasteiger partial charge in [-0.2, -0.15) is 0 Å². The summed E-state index contributed by atoms with van der Waals surface area (Å²) in [4.78, 5) is 23.0. The summed E-state index contributed by atoms with van der Waals surface area (Å²) in [7, 11) is 0. The lowest BCUT2D eigenvalue weighted by Crippen LogP contribution is -2.50. The molecular formula is C17H17N5O6S. The zero-order valence-electron chi connectivity index (χ0n) is 15.0. The van der Waals surface area contributed by atoms with Gasteiger partial charge in [0.15, 0.2) is 5.65 Å². The van der Waals surface area contributed by atoms with Gasteiger partial charge in [0.05, 0.1) is 24.5 Å². The Kier molecular flexibility index (Phi) is 5.19. The Morgan fingerprint density at radius 3 is 2.76 bits per heavy atom. The molecule has 0 saturated carbocycles. The Bertz CT molecular complexity index is 1040. The number of ether oxygens (including phenoxy) is 1. The van der Waals surface area contributed by atoms with Crippen molar-refractivity contribution in [3.63, 3.8) is 0 Å². The quantitative estimate of drug-likeness (QED) is 0.221. The molecule has 1 fully saturated rings. The molecular weight excluding hydrogens is 402 g/mol. The standard InChI is InChI=1S/C17H17N5O6S/c23-5-13-17(25,12(24)6-28-13)21-9-20-14-15(21)18-8-19-16(14)29-7-10-1-3-11(4-2-10)22(26)27/h1-4,8-9,12-13,23-25H,5-7H2/t12-,13+,17+/m0/s1. The fraction of sp³-hybridized carbons (Fsp3) is 0.353. The molecule has 1 aromatic carbocycles. The van der Waals surface area contributed by atoms with E-state index in [9.17, 15) is 25.4 Å². The molecule has 1 aliphatic heterocycles. The number of rotatable bonds is 6. The summed E-state index contributed by atoms with van der Waals surface area (Å²) in [6.07, 6.45) is 0.359. The molecule has 0 spiro atoms. The van der Waals surface area contributed by atoms with Crippen molar-refractivity contribution in [1.82, 2.24) is 19.5 Å². The third-order valence-electron chi connectivity index (χ3n) is 4.79. The average molecular weight is 419 g/mol. The molecule has 4 rings (SSSR count). The highest BCUT2D eigenvalue weighted by atomic mass is 32.2. The summed E-state index contributed by atoms with van der Waals surface area (Å²) in [6.45, 7) is -0.617. The third kappa shape index (κ3) is 3.34. The molecule has 29 heavy (non-hydrogen) atoms. The summed E-state index contributed by atoms with van der Waals surface area (Å²) in [5, 5.41) is 42.0. The van der Waals surface area contributed by atoms with Crippen LogP contribution in [0.25, 0.3) is 11.2 Å². The number of nitro groups is 1. The van der Waals surface area contributed by atoms with Gasteiger partial charge in [-0.05, 0) is 5.56 Å². The zero-order valence-corrected chi connectivity index (χ0v) is 15.8. The normalized spacial score (nSPS) is 24.2. The molecule has 0 aliphatic carbocycles. The van der Waals surface area contributed by atoms with E-state index < -0.39 is 29.5 Å². The average Bonchev–Trinajstić information content (AvgIpc) is 3.29. The Morgan fingerprint density at radius 2 is 2.07 bits per heavy atom. The van der Waals surface area contributed by atoms with Crippen molar-refractivity contribution >= 4 is 28.6 Å². The Morgan fingerprint density at radius 1 is 1.31 bits per heavy atom. The van der Waals surface area contributed by atoms with Crippen molar-refractivity contribution in [2.75, 3.05) is 13.2 Å². The first-order valence-electron chi connectivity index (χ1n) is 8.62. The van der Waals surface area contributed by atoms with Gasteiger partial charge in [0.1, 0.15) is 29.1 Å². The first-order valence-corrected chi connectivity index (χ1v) is 9.61. The van der Waals surface area contributed by atoms with Crippen LogP contribution in [-0.2, 0) is 16.2 Å². The van der Waals surface area contributed by atoms with Gasteiger partial charge in [-0.1, -0.05) is 23.9 Å². The van der Waals surface area contributed by atoms with Crippen LogP contribution in [0.4, 0.5) is 5.69 Å². The second kappa shape index (κ2) is 7.65. The molecule has 2 aromatic heterocycles. The second-order valence-corrected chi connectivity index (χ2v) is 7.45. The maximum Gasteiger partial charge on any atom is 0.269 e. The van der Waals surface area contributed by atoms with Crippen LogP contribution >= 0.6 is 11.8 Å². The van der Waals surface area contributed by atoms with Crippen LogP contribution in [0.5, 0.6) is 0 Å². The van der Waals surface area contributed by atoms with Crippen molar-refractivity contribution < 1.29 is 25.0 Å². The van der Waals surface area contributed by atoms with Gasteiger partial charge < -0.3 is 20.1 Å². The predicted molar refractivity (Wildman–Crippen MR) is 101 cm³/mol. The number of hydrogen-bond donors (Lipinski definition) is 3. The number of aliphatic hydroxyl groups excluding tert-OH is 2. The topological polar surface area (TPSA) is 157 Å². The number of aliphatic hydroxyl groups is 3. The van der Waals surface area contributed by atoms with E-state index in [4.69, 9.17) is 4.74 Å². The number of imidazole rings is 1. The van der Waals surface area contributed by atoms with E-state index in [0.717, 1.165) is 5.56 Å². The van der Waals surface area contributed by atoms with E-state index in [1.807, 2.05) is 0 Å². The van der Waals surface area contributed by atoms with E-state index in [1.165, 1.54) is 41.1 Å². The van der Waals surface area contributed by atoms with E-state index in [1.54, 1.807) is 12.1 Å². The SMILES string of the molecule is O=[N+]([O-])c1ccc(CSc2ncnc3c2ncn3[C@@]2(O)[C@@H](O)CO[C@@H]2CO)cc1. The Balaban J connectivity index is 1.62. The molecule has 12 heteroatoms. The van der Waals surface area contributed by atoms with Gasteiger partial charge in [-0.25, -0.2) is 15.0 Å². The van der Waals surface area contributed by atoms with Gasteiger partial charge in [0.2, 0.25) is 5.72 Å². The predicted octanol–water partition coefficient (Wildman–Crippen LogP) is 0.424. The fourth-order valence-electron chi connectivity index (χ4n) is 3.22. The third-order valence-corrected chi connectivity index (χ3v) is 5.84. The largest absolute Gasteiger partial charge is 0.393 e. The molecule has 0 radical (unpaired) electrons. The highest BCUT2D eigenvalue weighted by Gasteiger charge is 2.52. The maximum atomic E-state index is 11.0. The van der Waals surface area contributed by atoms with Crippen molar-refractivity contribution in [3.8, 4) is 0 Å². The van der Waals surface area contributed by atoms with Crippen molar-refractivity contribution in [1.29, 1.82) is 0 Å². The summed E-state index contributed by atoms with van der Waals surface area (Å²) in [5.41, 5.74) is -0.310. The summed E-state index contributed by atoms with van der Waals surface area (Å²) >= 11 is 1.36. The summed E-state index contributed by atoms with van der Waals surface area (Å²) in [5.74, 6) is 0.492. The molecule has 0 unspecified atom stereocenters. The smallest absolute Gasteiger partial charge is 0.269 e. The fourth-order valence-corrected chi connectivity index (χ4v) is 4.11. The van der Waals surface area contributed by atoms with Gasteiger partial charge in [-0.15, -0.1) is 0 Å². The molecule has 11 nitrogen and oxygen atoms in total. The number of benzene rings is 1. The van der Waals surface area contributed by atoms with Crippen LogP contribution in [0.3, 0.4) is 0 Å². The van der Waals surface area contributed by atoms with Gasteiger partial charge in [0.25, 0.3) is 5.69 Å². The lowest BCUT2D eigenvalue weighted by Gasteiger charge is -2.31. The van der Waals surface area contributed by atoms with E-state index in [0.29, 0.717) is 16.3 Å². The molecule has 152 valence electrons. The highest BCUT2D eigenvalue weighted by molar-refractivity contribution is 7.98. The first kappa shape index (κ1) is 19.7. The van der Waals surface area contributed by atoms with Crippen LogP contribution in [0.1, 0.15) is 5.56 Å². The lowest BCUT2D eigenvalue weighted by molar-refractivity contribution is -0.384. The number of aromatic nitrogens is 4. The van der Waals surface area contributed by atoms with E-state index in [2.05, 4.69) is 15.0 Å². The van der Waals surface area contributed by atoms with Crippen LogP contribution < -0.4 is 0 Å². The van der Waals surface area contributed by atoms with Crippen LogP contribution in [-0.4, -0.2) is 65.2 Å². The molecule has 1 aliphatic rings. The first-order chi connectivity index (χ1) is 13.9. The second-order valence-electron chi connectivity index (χ2n) is 6.48. The molecule has 3 N–H and O–H groups in total. The van der Waals surface area contributed by atoms with E-state index in [-0.39, 0.29) is 17.9 Å². The molecule has 3 aromatic rings. The monoisotopic (exact) mass is 419 g/mol. The minimum atomic E-state index is -1.90. The maximum absolute atomic E-state index is 11.0. The number of non-ortho nitro benzene ring substituents is 1. The van der Waals surface area contributed by atoms with Crippen LogP contribution in [0.2, 0.25) is 0 Å². The summed E-state index contributed by atoms with van der Waals surface area (Å²) in [6, 6.07) is 6.21. The van der Waals surface area contributed by atoms with Gasteiger partial charge >= 0.3 is 0 Å². The minimum absolute atomic E-state index is 0.0194.